The molecular formula is C29H44N2. The molecule has 0 aromatic rings. The van der Waals surface area contributed by atoms with Crippen molar-refractivity contribution in [2.45, 2.75) is 65.2 Å². The van der Waals surface area contributed by atoms with Crippen LogP contribution in [-0.4, -0.2) is 26.2 Å². The fourth-order valence-electron chi connectivity index (χ4n) is 5.30. The van der Waals surface area contributed by atoms with Gasteiger partial charge in [-0.05, 0) is 101 Å². The smallest absolute Gasteiger partial charge is 0.0208 e. The molecule has 3 aliphatic carbocycles. The van der Waals surface area contributed by atoms with E-state index in [9.17, 15) is 0 Å². The zero-order chi connectivity index (χ0) is 21.9. The van der Waals surface area contributed by atoms with Gasteiger partial charge in [-0.15, -0.1) is 0 Å². The van der Waals surface area contributed by atoms with Gasteiger partial charge in [-0.3, -0.25) is 0 Å². The molecule has 2 saturated carbocycles. The molecule has 0 aliphatic heterocycles. The molecular weight excluding hydrogens is 376 g/mol. The molecule has 2 heteroatoms. The summed E-state index contributed by atoms with van der Waals surface area (Å²) in [6.07, 6.45) is 26.0. The zero-order valence-corrected chi connectivity index (χ0v) is 20.0. The van der Waals surface area contributed by atoms with Gasteiger partial charge < -0.3 is 10.6 Å². The molecule has 2 fully saturated rings. The van der Waals surface area contributed by atoms with E-state index in [0.717, 1.165) is 43.8 Å². The minimum Gasteiger partial charge on any atom is -0.313 e. The van der Waals surface area contributed by atoms with Crippen molar-refractivity contribution in [3.8, 4) is 0 Å². The molecule has 0 aromatic carbocycles. The van der Waals surface area contributed by atoms with Crippen LogP contribution in [0.4, 0.5) is 0 Å². The molecule has 2 N–H and O–H groups in total. The third kappa shape index (κ3) is 7.77. The van der Waals surface area contributed by atoms with Crippen molar-refractivity contribution in [3.63, 3.8) is 0 Å². The molecule has 31 heavy (non-hydrogen) atoms. The van der Waals surface area contributed by atoms with Crippen LogP contribution in [0.3, 0.4) is 0 Å². The minimum atomic E-state index is 0.783. The van der Waals surface area contributed by atoms with Crippen LogP contribution in [0.25, 0.3) is 0 Å². The van der Waals surface area contributed by atoms with E-state index in [4.69, 9.17) is 0 Å². The molecule has 0 radical (unpaired) electrons. The SMILES string of the molecule is C=C/C=C(CNCC1CCC(CNCC2=CC=CC=C(C)C2)CC1)\C(=C/C)C1CCC1. The monoisotopic (exact) mass is 420 g/mol. The predicted molar refractivity (Wildman–Crippen MR) is 136 cm³/mol. The summed E-state index contributed by atoms with van der Waals surface area (Å²) in [5.41, 5.74) is 5.97. The Morgan fingerprint density at radius 1 is 1.00 bits per heavy atom. The van der Waals surface area contributed by atoms with Crippen LogP contribution in [-0.2, 0) is 0 Å². The van der Waals surface area contributed by atoms with Crippen LogP contribution in [0.1, 0.15) is 65.2 Å². The summed E-state index contributed by atoms with van der Waals surface area (Å²) in [5.74, 6) is 2.46. The molecule has 0 bridgehead atoms. The van der Waals surface area contributed by atoms with Gasteiger partial charge in [0.05, 0.1) is 0 Å². The quantitative estimate of drug-likeness (QED) is 0.365. The second kappa shape index (κ2) is 13.0. The van der Waals surface area contributed by atoms with Gasteiger partial charge in [0.2, 0.25) is 0 Å². The fourth-order valence-corrected chi connectivity index (χ4v) is 5.30. The molecule has 0 unspecified atom stereocenters. The van der Waals surface area contributed by atoms with Crippen LogP contribution in [0, 0.1) is 17.8 Å². The van der Waals surface area contributed by atoms with Crippen molar-refractivity contribution in [3.05, 3.63) is 71.4 Å². The average molecular weight is 421 g/mol. The first-order chi connectivity index (χ1) is 15.2. The second-order valence-corrected chi connectivity index (χ2v) is 9.85. The molecule has 3 aliphatic rings. The number of rotatable bonds is 11. The molecule has 2 nitrogen and oxygen atoms in total. The van der Waals surface area contributed by atoms with E-state index in [1.165, 1.54) is 68.2 Å². The highest BCUT2D eigenvalue weighted by atomic mass is 14.9. The first-order valence-electron chi connectivity index (χ1n) is 12.6. The molecule has 170 valence electrons. The van der Waals surface area contributed by atoms with Crippen molar-refractivity contribution >= 4 is 0 Å². The second-order valence-electron chi connectivity index (χ2n) is 9.85. The van der Waals surface area contributed by atoms with Gasteiger partial charge in [0, 0.05) is 13.1 Å². The summed E-state index contributed by atoms with van der Waals surface area (Å²) < 4.78 is 0. The Labute approximate surface area is 191 Å². The van der Waals surface area contributed by atoms with Crippen LogP contribution >= 0.6 is 0 Å². The molecule has 0 amide bonds. The highest BCUT2D eigenvalue weighted by Crippen LogP contribution is 2.36. The number of allylic oxidation sites excluding steroid dienone is 8. The van der Waals surface area contributed by atoms with Gasteiger partial charge in [-0.25, -0.2) is 0 Å². The van der Waals surface area contributed by atoms with Crippen LogP contribution < -0.4 is 10.6 Å². The van der Waals surface area contributed by atoms with Crippen molar-refractivity contribution in [2.75, 3.05) is 26.2 Å². The third-order valence-electron chi connectivity index (χ3n) is 7.38. The van der Waals surface area contributed by atoms with Crippen molar-refractivity contribution < 1.29 is 0 Å². The summed E-state index contributed by atoms with van der Waals surface area (Å²) in [4.78, 5) is 0. The maximum atomic E-state index is 3.94. The number of hydrogen-bond donors (Lipinski definition) is 2. The summed E-state index contributed by atoms with van der Waals surface area (Å²) in [6, 6.07) is 0. The van der Waals surface area contributed by atoms with Crippen molar-refractivity contribution in [1.82, 2.24) is 10.6 Å². The summed E-state index contributed by atoms with van der Waals surface area (Å²) in [7, 11) is 0. The normalized spacial score (nSPS) is 25.5. The first kappa shape index (κ1) is 24.0. The highest BCUT2D eigenvalue weighted by Gasteiger charge is 2.24. The lowest BCUT2D eigenvalue weighted by Crippen LogP contribution is -2.32. The Balaban J connectivity index is 1.32. The number of hydrogen-bond acceptors (Lipinski definition) is 2. The Kier molecular flexibility index (Phi) is 10.1. The van der Waals surface area contributed by atoms with E-state index < -0.39 is 0 Å². The van der Waals surface area contributed by atoms with Gasteiger partial charge in [-0.2, -0.15) is 0 Å². The van der Waals surface area contributed by atoms with Gasteiger partial charge in [0.1, 0.15) is 0 Å². The van der Waals surface area contributed by atoms with Gasteiger partial charge >= 0.3 is 0 Å². The molecule has 0 heterocycles. The van der Waals surface area contributed by atoms with E-state index in [1.807, 2.05) is 6.08 Å². The Bertz CT molecular complexity index is 722. The zero-order valence-electron chi connectivity index (χ0n) is 20.0. The van der Waals surface area contributed by atoms with Gasteiger partial charge in [-0.1, -0.05) is 66.7 Å². The average Bonchev–Trinajstić information content (AvgIpc) is 2.95. The van der Waals surface area contributed by atoms with Crippen LogP contribution in [0.2, 0.25) is 0 Å². The highest BCUT2D eigenvalue weighted by molar-refractivity contribution is 5.37. The molecule has 0 spiro atoms. The molecule has 0 atom stereocenters. The third-order valence-corrected chi connectivity index (χ3v) is 7.38. The van der Waals surface area contributed by atoms with Crippen molar-refractivity contribution in [2.24, 2.45) is 17.8 Å². The van der Waals surface area contributed by atoms with E-state index >= 15 is 0 Å². The summed E-state index contributed by atoms with van der Waals surface area (Å²) in [6.45, 7) is 12.7. The van der Waals surface area contributed by atoms with Crippen LogP contribution in [0.5, 0.6) is 0 Å². The topological polar surface area (TPSA) is 24.1 Å². The van der Waals surface area contributed by atoms with Crippen LogP contribution in [0.15, 0.2) is 71.4 Å². The minimum absolute atomic E-state index is 0.783. The maximum Gasteiger partial charge on any atom is 0.0208 e. The Morgan fingerprint density at radius 2 is 1.68 bits per heavy atom. The largest absolute Gasteiger partial charge is 0.313 e. The maximum absolute atomic E-state index is 3.94. The molecule has 0 aromatic heterocycles. The lowest BCUT2D eigenvalue weighted by Gasteiger charge is -2.31. The van der Waals surface area contributed by atoms with Gasteiger partial charge in [0.25, 0.3) is 0 Å². The van der Waals surface area contributed by atoms with E-state index in [-0.39, 0.29) is 0 Å². The standard InChI is InChI=1S/C29H44N2/c1-4-9-28(29(5-2)27-12-8-13-27)22-31-20-25-16-14-24(15-17-25)19-30-21-26-11-7-6-10-23(3)18-26/h4-7,9-11,24-25,27,30-31H,1,8,12-22H2,2-3H3/b28-9-,29-5-. The lowest BCUT2D eigenvalue weighted by atomic mass is 9.76. The summed E-state index contributed by atoms with van der Waals surface area (Å²) in [5, 5.41) is 7.51. The number of nitrogens with one attached hydrogen (secondary N) is 2. The summed E-state index contributed by atoms with van der Waals surface area (Å²) >= 11 is 0. The molecule has 3 rings (SSSR count). The van der Waals surface area contributed by atoms with E-state index in [2.05, 4.69) is 67.5 Å². The first-order valence-corrected chi connectivity index (χ1v) is 12.6. The Morgan fingerprint density at radius 3 is 2.29 bits per heavy atom. The Hall–Kier alpha value is -1.64. The van der Waals surface area contributed by atoms with Crippen molar-refractivity contribution in [1.29, 1.82) is 0 Å². The molecule has 0 saturated heterocycles. The van der Waals surface area contributed by atoms with E-state index in [1.54, 1.807) is 5.57 Å². The lowest BCUT2D eigenvalue weighted by molar-refractivity contribution is 0.264. The van der Waals surface area contributed by atoms with E-state index in [0.29, 0.717) is 0 Å². The van der Waals surface area contributed by atoms with Gasteiger partial charge in [0.15, 0.2) is 0 Å². The fraction of sp³-hybridized carbons (Fsp3) is 0.586. The predicted octanol–water partition coefficient (Wildman–Crippen LogP) is 6.66.